The molecule has 1 heterocycles. The molecular weight excluding hydrogens is 374 g/mol. The van der Waals surface area contributed by atoms with Crippen LogP contribution in [0.3, 0.4) is 0 Å². The Hall–Kier alpha value is -2.68. The molecule has 4 nitrogen and oxygen atoms in total. The number of nitrogens with zero attached hydrogens (tertiary/aromatic N) is 1. The van der Waals surface area contributed by atoms with E-state index >= 15 is 0 Å². The molecular formula is C17H11F4NO3S. The van der Waals surface area contributed by atoms with Gasteiger partial charge in [0.15, 0.2) is 9.84 Å². The number of benzene rings is 2. The SMILES string of the molecule is CS(=O)(=O)c1ccc(-c2noc(C(F)(F)F)c2-c2ccccc2)c(F)c1. The van der Waals surface area contributed by atoms with Crippen LogP contribution >= 0.6 is 0 Å². The normalized spacial score (nSPS) is 12.3. The molecule has 2 aromatic carbocycles. The highest BCUT2D eigenvalue weighted by atomic mass is 32.2. The summed E-state index contributed by atoms with van der Waals surface area (Å²) in [6.45, 7) is 0. The summed E-state index contributed by atoms with van der Waals surface area (Å²) in [5.74, 6) is -2.38. The number of sulfone groups is 1. The lowest BCUT2D eigenvalue weighted by atomic mass is 9.98. The van der Waals surface area contributed by atoms with Gasteiger partial charge in [-0.2, -0.15) is 13.2 Å². The highest BCUT2D eigenvalue weighted by Crippen LogP contribution is 2.43. The van der Waals surface area contributed by atoms with Crippen LogP contribution in [0.2, 0.25) is 0 Å². The van der Waals surface area contributed by atoms with Gasteiger partial charge in [0.05, 0.1) is 10.5 Å². The van der Waals surface area contributed by atoms with Gasteiger partial charge in [0.2, 0.25) is 5.76 Å². The van der Waals surface area contributed by atoms with Crippen molar-refractivity contribution >= 4 is 9.84 Å². The molecule has 1 aromatic heterocycles. The Kier molecular flexibility index (Phi) is 4.35. The summed E-state index contributed by atoms with van der Waals surface area (Å²) in [6, 6.07) is 10.4. The van der Waals surface area contributed by atoms with Crippen LogP contribution in [0.5, 0.6) is 0 Å². The number of aromatic nitrogens is 1. The van der Waals surface area contributed by atoms with Crippen molar-refractivity contribution in [3.63, 3.8) is 0 Å². The van der Waals surface area contributed by atoms with Crippen molar-refractivity contribution < 1.29 is 30.5 Å². The lowest BCUT2D eigenvalue weighted by molar-refractivity contribution is -0.154. The van der Waals surface area contributed by atoms with Gasteiger partial charge in [-0.25, -0.2) is 12.8 Å². The van der Waals surface area contributed by atoms with Crippen molar-refractivity contribution in [3.05, 3.63) is 60.1 Å². The van der Waals surface area contributed by atoms with E-state index in [0.717, 1.165) is 24.5 Å². The van der Waals surface area contributed by atoms with Crippen molar-refractivity contribution in [2.45, 2.75) is 11.1 Å². The van der Waals surface area contributed by atoms with Gasteiger partial charge in [0.25, 0.3) is 0 Å². The predicted molar refractivity (Wildman–Crippen MR) is 85.4 cm³/mol. The molecule has 0 N–H and O–H groups in total. The molecule has 0 amide bonds. The molecule has 0 bridgehead atoms. The molecule has 0 saturated heterocycles. The maximum atomic E-state index is 14.4. The Labute approximate surface area is 146 Å². The fraction of sp³-hybridized carbons (Fsp3) is 0.118. The van der Waals surface area contributed by atoms with Crippen LogP contribution in [0.25, 0.3) is 22.4 Å². The number of hydrogen-bond donors (Lipinski definition) is 0. The molecule has 0 fully saturated rings. The molecule has 0 unspecified atom stereocenters. The van der Waals surface area contributed by atoms with Crippen LogP contribution in [-0.4, -0.2) is 19.8 Å². The molecule has 0 aliphatic rings. The summed E-state index contributed by atoms with van der Waals surface area (Å²) in [5, 5.41) is 3.40. The quantitative estimate of drug-likeness (QED) is 0.620. The van der Waals surface area contributed by atoms with Gasteiger partial charge >= 0.3 is 6.18 Å². The highest BCUT2D eigenvalue weighted by Gasteiger charge is 2.41. The summed E-state index contributed by atoms with van der Waals surface area (Å²) in [7, 11) is -3.67. The van der Waals surface area contributed by atoms with E-state index in [4.69, 9.17) is 0 Å². The van der Waals surface area contributed by atoms with E-state index in [2.05, 4.69) is 9.68 Å². The zero-order valence-electron chi connectivity index (χ0n) is 13.2. The average molecular weight is 385 g/mol. The van der Waals surface area contributed by atoms with Crippen molar-refractivity contribution in [1.29, 1.82) is 0 Å². The van der Waals surface area contributed by atoms with Crippen LogP contribution in [0.4, 0.5) is 17.6 Å². The first kappa shape index (κ1) is 18.1. The van der Waals surface area contributed by atoms with E-state index < -0.39 is 33.2 Å². The summed E-state index contributed by atoms with van der Waals surface area (Å²) in [4.78, 5) is -0.292. The van der Waals surface area contributed by atoms with Gasteiger partial charge in [-0.15, -0.1) is 0 Å². The number of alkyl halides is 3. The first-order valence-electron chi connectivity index (χ1n) is 7.21. The number of hydrogen-bond acceptors (Lipinski definition) is 4. The maximum absolute atomic E-state index is 14.4. The van der Waals surface area contributed by atoms with Crippen molar-refractivity contribution in [3.8, 4) is 22.4 Å². The fourth-order valence-corrected chi connectivity index (χ4v) is 3.09. The second-order valence-corrected chi connectivity index (χ2v) is 7.53. The molecule has 3 aromatic rings. The monoisotopic (exact) mass is 385 g/mol. The summed E-state index contributed by atoms with van der Waals surface area (Å²) < 4.78 is 81.7. The van der Waals surface area contributed by atoms with Gasteiger partial charge in [-0.1, -0.05) is 35.5 Å². The fourth-order valence-electron chi connectivity index (χ4n) is 2.46. The zero-order valence-corrected chi connectivity index (χ0v) is 14.0. The minimum atomic E-state index is -4.83. The van der Waals surface area contributed by atoms with E-state index in [0.29, 0.717) is 0 Å². The second kappa shape index (κ2) is 6.24. The highest BCUT2D eigenvalue weighted by molar-refractivity contribution is 7.90. The Bertz CT molecular complexity index is 1060. The Morgan fingerprint density at radius 2 is 1.69 bits per heavy atom. The van der Waals surface area contributed by atoms with E-state index in [1.165, 1.54) is 24.3 Å². The largest absolute Gasteiger partial charge is 0.453 e. The predicted octanol–water partition coefficient (Wildman–Crippen LogP) is 4.57. The third-order valence-corrected chi connectivity index (χ3v) is 4.75. The van der Waals surface area contributed by atoms with E-state index in [1.807, 2.05) is 0 Å². The molecule has 0 radical (unpaired) electrons. The summed E-state index contributed by atoms with van der Waals surface area (Å²) >= 11 is 0. The standard InChI is InChI=1S/C17H11F4NO3S/c1-26(23,24)11-7-8-12(13(18)9-11)15-14(10-5-3-2-4-6-10)16(25-22-15)17(19,20)21/h2-9H,1H3. The van der Waals surface area contributed by atoms with Gasteiger partial charge in [-0.3, -0.25) is 0 Å². The minimum absolute atomic E-state index is 0.141. The average Bonchev–Trinajstić information content (AvgIpc) is 2.99. The Balaban J connectivity index is 2.26. The molecule has 136 valence electrons. The van der Waals surface area contributed by atoms with Crippen LogP contribution in [0.1, 0.15) is 5.76 Å². The molecule has 9 heteroatoms. The molecule has 0 spiro atoms. The van der Waals surface area contributed by atoms with Crippen LogP contribution in [0.15, 0.2) is 57.9 Å². The first-order chi connectivity index (χ1) is 12.1. The lowest BCUT2D eigenvalue weighted by Crippen LogP contribution is -2.05. The van der Waals surface area contributed by atoms with Crippen molar-refractivity contribution in [1.82, 2.24) is 5.16 Å². The third-order valence-electron chi connectivity index (χ3n) is 3.64. The molecule has 0 atom stereocenters. The maximum Gasteiger partial charge on any atom is 0.453 e. The summed E-state index contributed by atoms with van der Waals surface area (Å²) in [6.07, 6.45) is -3.94. The van der Waals surface area contributed by atoms with Crippen LogP contribution in [-0.2, 0) is 16.0 Å². The van der Waals surface area contributed by atoms with Gasteiger partial charge in [-0.05, 0) is 23.8 Å². The number of rotatable bonds is 3. The number of halogens is 4. The second-order valence-electron chi connectivity index (χ2n) is 5.51. The van der Waals surface area contributed by atoms with E-state index in [9.17, 15) is 26.0 Å². The van der Waals surface area contributed by atoms with Crippen LogP contribution < -0.4 is 0 Å². The molecule has 3 rings (SSSR count). The Morgan fingerprint density at radius 3 is 2.23 bits per heavy atom. The molecule has 0 aliphatic carbocycles. The molecule has 0 aliphatic heterocycles. The summed E-state index contributed by atoms with van der Waals surface area (Å²) in [5.41, 5.74) is -0.927. The van der Waals surface area contributed by atoms with E-state index in [-0.39, 0.29) is 21.7 Å². The van der Waals surface area contributed by atoms with Gasteiger partial charge in [0.1, 0.15) is 11.5 Å². The molecule has 0 saturated carbocycles. The first-order valence-corrected chi connectivity index (χ1v) is 9.10. The topological polar surface area (TPSA) is 60.2 Å². The molecule has 26 heavy (non-hydrogen) atoms. The van der Waals surface area contributed by atoms with Gasteiger partial charge in [0, 0.05) is 11.8 Å². The van der Waals surface area contributed by atoms with Crippen LogP contribution in [0, 0.1) is 5.82 Å². The van der Waals surface area contributed by atoms with Gasteiger partial charge < -0.3 is 4.52 Å². The smallest absolute Gasteiger partial charge is 0.350 e. The minimum Gasteiger partial charge on any atom is -0.350 e. The Morgan fingerprint density at radius 1 is 1.04 bits per heavy atom. The third kappa shape index (κ3) is 3.34. The van der Waals surface area contributed by atoms with E-state index in [1.54, 1.807) is 6.07 Å². The van der Waals surface area contributed by atoms with Crippen molar-refractivity contribution in [2.75, 3.05) is 6.26 Å². The lowest BCUT2D eigenvalue weighted by Gasteiger charge is -2.08. The zero-order chi connectivity index (χ0) is 19.1. The van der Waals surface area contributed by atoms with Crippen molar-refractivity contribution in [2.24, 2.45) is 0 Å².